The largest absolute Gasteiger partial charge is 0.443 e. The topological polar surface area (TPSA) is 52.1 Å². The van der Waals surface area contributed by atoms with E-state index in [0.29, 0.717) is 5.89 Å². The van der Waals surface area contributed by atoms with Gasteiger partial charge in [-0.1, -0.05) is 42.5 Å². The molecular weight excluding hydrogens is 300 g/mol. The summed E-state index contributed by atoms with van der Waals surface area (Å²) in [6, 6.07) is 25.4. The number of para-hydroxylation sites is 4. The van der Waals surface area contributed by atoms with Crippen molar-refractivity contribution >= 4 is 22.2 Å². The Balaban J connectivity index is 0.000000138. The Bertz CT molecular complexity index is 1000. The Hall–Kier alpha value is -3.40. The van der Waals surface area contributed by atoms with Crippen LogP contribution < -0.4 is 0 Å². The Morgan fingerprint density at radius 3 is 2.04 bits per heavy atom. The van der Waals surface area contributed by atoms with E-state index >= 15 is 0 Å². The van der Waals surface area contributed by atoms with Crippen LogP contribution in [-0.4, -0.2) is 9.97 Å². The van der Waals surface area contributed by atoms with Gasteiger partial charge in [0.1, 0.15) is 11.0 Å². The van der Waals surface area contributed by atoms with Gasteiger partial charge in [0.05, 0.1) is 0 Å². The highest BCUT2D eigenvalue weighted by molar-refractivity contribution is 5.75. The van der Waals surface area contributed by atoms with Crippen LogP contribution in [0.5, 0.6) is 0 Å². The molecule has 116 valence electrons. The lowest BCUT2D eigenvalue weighted by molar-refractivity contribution is 0.602. The molecular formula is C20H14N2O2. The maximum Gasteiger partial charge on any atom is 0.227 e. The van der Waals surface area contributed by atoms with Crippen molar-refractivity contribution in [3.05, 3.63) is 85.3 Å². The summed E-state index contributed by atoms with van der Waals surface area (Å²) in [5.74, 6) is 0.678. The third-order valence-corrected chi connectivity index (χ3v) is 3.55. The molecule has 0 atom stereocenters. The predicted molar refractivity (Wildman–Crippen MR) is 93.5 cm³/mol. The van der Waals surface area contributed by atoms with Crippen LogP contribution in [-0.2, 0) is 0 Å². The van der Waals surface area contributed by atoms with Gasteiger partial charge in [-0.3, -0.25) is 0 Å². The van der Waals surface area contributed by atoms with Crippen LogP contribution in [0.3, 0.4) is 0 Å². The first-order valence-electron chi connectivity index (χ1n) is 7.59. The predicted octanol–water partition coefficient (Wildman–Crippen LogP) is 5.32. The van der Waals surface area contributed by atoms with E-state index in [-0.39, 0.29) is 0 Å². The quantitative estimate of drug-likeness (QED) is 0.420. The molecule has 0 amide bonds. The first kappa shape index (κ1) is 14.2. The molecule has 5 aromatic rings. The second kappa shape index (κ2) is 6.38. The molecule has 4 nitrogen and oxygen atoms in total. The van der Waals surface area contributed by atoms with Gasteiger partial charge in [0, 0.05) is 5.56 Å². The van der Waals surface area contributed by atoms with Crippen molar-refractivity contribution in [3.8, 4) is 11.5 Å². The molecule has 0 spiro atoms. The van der Waals surface area contributed by atoms with Crippen molar-refractivity contribution in [1.82, 2.24) is 9.97 Å². The number of aromatic nitrogens is 2. The third kappa shape index (κ3) is 2.90. The second-order valence-corrected chi connectivity index (χ2v) is 5.17. The van der Waals surface area contributed by atoms with Crippen molar-refractivity contribution in [1.29, 1.82) is 0 Å². The fraction of sp³-hybridized carbons (Fsp3) is 0. The summed E-state index contributed by atoms with van der Waals surface area (Å²) < 4.78 is 10.6. The summed E-state index contributed by atoms with van der Waals surface area (Å²) in [5.41, 5.74) is 4.50. The molecule has 2 aromatic heterocycles. The average Bonchev–Trinajstić information content (AvgIpc) is 3.29. The van der Waals surface area contributed by atoms with Crippen LogP contribution in [0.2, 0.25) is 0 Å². The molecule has 0 saturated heterocycles. The van der Waals surface area contributed by atoms with E-state index in [1.54, 1.807) is 0 Å². The first-order valence-corrected chi connectivity index (χ1v) is 7.59. The highest BCUT2D eigenvalue weighted by atomic mass is 16.3. The van der Waals surface area contributed by atoms with Gasteiger partial charge in [-0.25, -0.2) is 9.97 Å². The van der Waals surface area contributed by atoms with E-state index < -0.39 is 0 Å². The number of rotatable bonds is 1. The number of hydrogen-bond acceptors (Lipinski definition) is 4. The Morgan fingerprint density at radius 2 is 1.29 bits per heavy atom. The zero-order valence-electron chi connectivity index (χ0n) is 12.8. The molecule has 24 heavy (non-hydrogen) atoms. The number of oxazole rings is 2. The monoisotopic (exact) mass is 314 g/mol. The summed E-state index contributed by atoms with van der Waals surface area (Å²) in [7, 11) is 0. The third-order valence-electron chi connectivity index (χ3n) is 3.55. The highest BCUT2D eigenvalue weighted by Gasteiger charge is 2.05. The first-order chi connectivity index (χ1) is 11.9. The van der Waals surface area contributed by atoms with Crippen LogP contribution in [0.25, 0.3) is 33.7 Å². The van der Waals surface area contributed by atoms with Gasteiger partial charge >= 0.3 is 0 Å². The lowest BCUT2D eigenvalue weighted by Gasteiger charge is -1.91. The molecule has 0 saturated carbocycles. The second-order valence-electron chi connectivity index (χ2n) is 5.17. The molecule has 0 radical (unpaired) electrons. The van der Waals surface area contributed by atoms with Gasteiger partial charge in [0.15, 0.2) is 17.6 Å². The van der Waals surface area contributed by atoms with E-state index in [4.69, 9.17) is 8.83 Å². The molecule has 4 heteroatoms. The maximum atomic E-state index is 5.64. The van der Waals surface area contributed by atoms with E-state index in [0.717, 1.165) is 27.8 Å². The molecule has 0 aliphatic carbocycles. The minimum Gasteiger partial charge on any atom is -0.443 e. The molecule has 2 heterocycles. The van der Waals surface area contributed by atoms with Crippen LogP contribution in [0, 0.1) is 0 Å². The fourth-order valence-corrected chi connectivity index (χ4v) is 2.38. The molecule has 0 N–H and O–H groups in total. The average molecular weight is 314 g/mol. The number of nitrogens with zero attached hydrogens (tertiary/aromatic N) is 2. The van der Waals surface area contributed by atoms with Gasteiger partial charge < -0.3 is 8.83 Å². The minimum atomic E-state index is 0.678. The lowest BCUT2D eigenvalue weighted by Crippen LogP contribution is -1.74. The Labute approximate surface area is 138 Å². The zero-order chi connectivity index (χ0) is 16.2. The molecule has 0 fully saturated rings. The normalized spacial score (nSPS) is 10.5. The van der Waals surface area contributed by atoms with Crippen LogP contribution in [0.15, 0.2) is 94.1 Å². The van der Waals surface area contributed by atoms with Crippen molar-refractivity contribution in [2.45, 2.75) is 0 Å². The summed E-state index contributed by atoms with van der Waals surface area (Å²) in [6.07, 6.45) is 1.45. The lowest BCUT2D eigenvalue weighted by atomic mass is 10.2. The fourth-order valence-electron chi connectivity index (χ4n) is 2.38. The van der Waals surface area contributed by atoms with Crippen molar-refractivity contribution in [2.75, 3.05) is 0 Å². The standard InChI is InChI=1S/C13H9NO.C7H5NO/c1-2-6-10(7-3-1)13-14-11-8-4-5-9-12(11)15-13;1-2-4-7-6(3-1)8-5-9-7/h1-9H;1-5H. The molecule has 0 aliphatic rings. The van der Waals surface area contributed by atoms with E-state index in [1.807, 2.05) is 78.9 Å². The van der Waals surface area contributed by atoms with Gasteiger partial charge in [-0.2, -0.15) is 0 Å². The molecule has 0 unspecified atom stereocenters. The van der Waals surface area contributed by atoms with Gasteiger partial charge in [0.25, 0.3) is 0 Å². The zero-order valence-corrected chi connectivity index (χ0v) is 12.8. The highest BCUT2D eigenvalue weighted by Crippen LogP contribution is 2.23. The van der Waals surface area contributed by atoms with Crippen LogP contribution in [0.4, 0.5) is 0 Å². The Morgan fingerprint density at radius 1 is 0.625 bits per heavy atom. The minimum absolute atomic E-state index is 0.678. The Kier molecular flexibility index (Phi) is 3.78. The van der Waals surface area contributed by atoms with E-state index in [9.17, 15) is 0 Å². The van der Waals surface area contributed by atoms with Crippen molar-refractivity contribution in [2.24, 2.45) is 0 Å². The number of fused-ring (bicyclic) bond motifs is 2. The number of benzene rings is 3. The van der Waals surface area contributed by atoms with Crippen LogP contribution >= 0.6 is 0 Å². The molecule has 3 aromatic carbocycles. The number of hydrogen-bond donors (Lipinski definition) is 0. The van der Waals surface area contributed by atoms with Crippen LogP contribution in [0.1, 0.15) is 0 Å². The summed E-state index contributed by atoms with van der Waals surface area (Å²) in [5, 5.41) is 0. The molecule has 0 aliphatic heterocycles. The van der Waals surface area contributed by atoms with Gasteiger partial charge in [0.2, 0.25) is 5.89 Å². The van der Waals surface area contributed by atoms with Crippen molar-refractivity contribution < 1.29 is 8.83 Å². The van der Waals surface area contributed by atoms with Gasteiger partial charge in [-0.15, -0.1) is 0 Å². The van der Waals surface area contributed by atoms with Gasteiger partial charge in [-0.05, 0) is 36.4 Å². The van der Waals surface area contributed by atoms with Crippen molar-refractivity contribution in [3.63, 3.8) is 0 Å². The van der Waals surface area contributed by atoms with E-state index in [1.165, 1.54) is 6.39 Å². The maximum absolute atomic E-state index is 5.64. The van der Waals surface area contributed by atoms with E-state index in [2.05, 4.69) is 9.97 Å². The summed E-state index contributed by atoms with van der Waals surface area (Å²) in [4.78, 5) is 8.37. The molecule has 5 rings (SSSR count). The smallest absolute Gasteiger partial charge is 0.227 e. The summed E-state index contributed by atoms with van der Waals surface area (Å²) >= 11 is 0. The summed E-state index contributed by atoms with van der Waals surface area (Å²) in [6.45, 7) is 0. The SMILES string of the molecule is c1ccc(-c2nc3ccccc3o2)cc1.c1ccc2ocnc2c1. The molecule has 0 bridgehead atoms.